The number of aryl methyl sites for hydroxylation is 1. The molecule has 0 aromatic heterocycles. The number of hydrogen-bond donors (Lipinski definition) is 1. The van der Waals surface area contributed by atoms with Crippen LogP contribution in [0.2, 0.25) is 5.02 Å². The number of hydrogen-bond acceptors (Lipinski definition) is 1. The van der Waals surface area contributed by atoms with Gasteiger partial charge in [-0.2, -0.15) is 0 Å². The normalized spacial score (nSPS) is 10.3. The lowest BCUT2D eigenvalue weighted by atomic mass is 10.1. The number of amides is 1. The van der Waals surface area contributed by atoms with Crippen molar-refractivity contribution in [1.82, 2.24) is 0 Å². The Balaban J connectivity index is 2.28. The van der Waals surface area contributed by atoms with Crippen LogP contribution in [0, 0.1) is 6.92 Å². The van der Waals surface area contributed by atoms with Gasteiger partial charge in [0.1, 0.15) is 0 Å². The molecule has 2 nitrogen and oxygen atoms in total. The number of carbonyl (C=O) groups excluding carboxylic acids is 1. The first-order chi connectivity index (χ1) is 8.97. The monoisotopic (exact) mass is 401 g/mol. The van der Waals surface area contributed by atoms with E-state index in [4.69, 9.17) is 11.6 Å². The lowest BCUT2D eigenvalue weighted by Gasteiger charge is -2.10. The van der Waals surface area contributed by atoms with Crippen LogP contribution in [0.3, 0.4) is 0 Å². The second-order valence-corrected chi connectivity index (χ2v) is 6.24. The third-order valence-corrected chi connectivity index (χ3v) is 4.03. The maximum Gasteiger partial charge on any atom is 0.255 e. The van der Waals surface area contributed by atoms with Crippen molar-refractivity contribution < 1.29 is 4.79 Å². The number of rotatable bonds is 2. The Labute approximate surface area is 133 Å². The zero-order valence-electron chi connectivity index (χ0n) is 10.0. The first kappa shape index (κ1) is 14.6. The van der Waals surface area contributed by atoms with Crippen LogP contribution >= 0.6 is 43.5 Å². The summed E-state index contributed by atoms with van der Waals surface area (Å²) in [6, 6.07) is 10.8. The molecule has 0 fully saturated rings. The lowest BCUT2D eigenvalue weighted by Crippen LogP contribution is -2.13. The van der Waals surface area contributed by atoms with Gasteiger partial charge in [0, 0.05) is 19.5 Å². The van der Waals surface area contributed by atoms with Gasteiger partial charge in [0.2, 0.25) is 0 Å². The van der Waals surface area contributed by atoms with Crippen molar-refractivity contribution >= 4 is 55.1 Å². The predicted molar refractivity (Wildman–Crippen MR) is 86.0 cm³/mol. The molecule has 5 heteroatoms. The van der Waals surface area contributed by atoms with Gasteiger partial charge in [-0.15, -0.1) is 0 Å². The van der Waals surface area contributed by atoms with Crippen LogP contribution in [0.25, 0.3) is 0 Å². The van der Waals surface area contributed by atoms with Crippen LogP contribution in [0.5, 0.6) is 0 Å². The quantitative estimate of drug-likeness (QED) is 0.712. The zero-order valence-corrected chi connectivity index (χ0v) is 13.9. The molecule has 0 atom stereocenters. The Morgan fingerprint density at radius 3 is 2.58 bits per heavy atom. The number of anilines is 1. The minimum Gasteiger partial charge on any atom is -0.321 e. The van der Waals surface area contributed by atoms with E-state index < -0.39 is 0 Å². The second-order valence-electron chi connectivity index (χ2n) is 4.04. The summed E-state index contributed by atoms with van der Waals surface area (Å²) in [5.74, 6) is -0.159. The van der Waals surface area contributed by atoms with Gasteiger partial charge < -0.3 is 5.32 Å². The molecule has 0 spiro atoms. The fraction of sp³-hybridized carbons (Fsp3) is 0.0714. The molecule has 0 aliphatic heterocycles. The van der Waals surface area contributed by atoms with Gasteiger partial charge in [-0.25, -0.2) is 0 Å². The summed E-state index contributed by atoms with van der Waals surface area (Å²) in [4.78, 5) is 12.2. The average Bonchev–Trinajstić information content (AvgIpc) is 2.33. The summed E-state index contributed by atoms with van der Waals surface area (Å²) in [5.41, 5.74) is 2.19. The standard InChI is InChI=1S/C14H10Br2ClNO/c1-8-6-9(15)2-4-11(8)14(19)18-13-7-10(17)3-5-12(13)16/h2-7H,1H3,(H,18,19). The summed E-state index contributed by atoms with van der Waals surface area (Å²) in [6.07, 6.45) is 0. The molecule has 2 aromatic carbocycles. The molecule has 98 valence electrons. The number of benzene rings is 2. The van der Waals surface area contributed by atoms with Crippen molar-refractivity contribution in [3.63, 3.8) is 0 Å². The lowest BCUT2D eigenvalue weighted by molar-refractivity contribution is 0.102. The van der Waals surface area contributed by atoms with Gasteiger partial charge in [-0.3, -0.25) is 4.79 Å². The fourth-order valence-electron chi connectivity index (χ4n) is 1.66. The maximum absolute atomic E-state index is 12.2. The zero-order chi connectivity index (χ0) is 14.0. The van der Waals surface area contributed by atoms with E-state index in [1.807, 2.05) is 19.1 Å². The molecule has 1 amide bonds. The molecule has 0 aliphatic rings. The van der Waals surface area contributed by atoms with Crippen molar-refractivity contribution in [2.45, 2.75) is 6.92 Å². The minimum atomic E-state index is -0.159. The first-order valence-corrected chi connectivity index (χ1v) is 7.46. The average molecular weight is 404 g/mol. The van der Waals surface area contributed by atoms with E-state index in [-0.39, 0.29) is 5.91 Å². The second kappa shape index (κ2) is 6.07. The molecule has 0 saturated carbocycles. The Morgan fingerprint density at radius 1 is 1.16 bits per heavy atom. The van der Waals surface area contributed by atoms with Crippen molar-refractivity contribution in [3.8, 4) is 0 Å². The molecule has 0 heterocycles. The van der Waals surface area contributed by atoms with Crippen molar-refractivity contribution in [1.29, 1.82) is 0 Å². The summed E-state index contributed by atoms with van der Waals surface area (Å²) in [7, 11) is 0. The molecule has 0 unspecified atom stereocenters. The van der Waals surface area contributed by atoms with Gasteiger partial charge in [-0.05, 0) is 64.8 Å². The first-order valence-electron chi connectivity index (χ1n) is 5.50. The highest BCUT2D eigenvalue weighted by molar-refractivity contribution is 9.10. The summed E-state index contributed by atoms with van der Waals surface area (Å²) in [6.45, 7) is 1.90. The third kappa shape index (κ3) is 3.59. The van der Waals surface area contributed by atoms with E-state index in [0.29, 0.717) is 16.3 Å². The maximum atomic E-state index is 12.2. The minimum absolute atomic E-state index is 0.159. The van der Waals surface area contributed by atoms with Crippen LogP contribution < -0.4 is 5.32 Å². The van der Waals surface area contributed by atoms with Gasteiger partial charge in [0.05, 0.1) is 5.69 Å². The van der Waals surface area contributed by atoms with Crippen LogP contribution in [0.15, 0.2) is 45.3 Å². The molecule has 1 N–H and O–H groups in total. The predicted octanol–water partition coefficient (Wildman–Crippen LogP) is 5.43. The Kier molecular flexibility index (Phi) is 4.66. The van der Waals surface area contributed by atoms with Gasteiger partial charge in [0.25, 0.3) is 5.91 Å². The van der Waals surface area contributed by atoms with E-state index in [1.54, 1.807) is 24.3 Å². The Morgan fingerprint density at radius 2 is 1.89 bits per heavy atom. The van der Waals surface area contributed by atoms with E-state index in [1.165, 1.54) is 0 Å². The van der Waals surface area contributed by atoms with Crippen LogP contribution in [0.1, 0.15) is 15.9 Å². The van der Waals surface area contributed by atoms with E-state index in [9.17, 15) is 4.79 Å². The van der Waals surface area contributed by atoms with Gasteiger partial charge in [0.15, 0.2) is 0 Å². The fourth-order valence-corrected chi connectivity index (χ4v) is 2.66. The SMILES string of the molecule is Cc1cc(Br)ccc1C(=O)Nc1cc(Cl)ccc1Br. The van der Waals surface area contributed by atoms with Gasteiger partial charge in [-0.1, -0.05) is 27.5 Å². The van der Waals surface area contributed by atoms with Crippen molar-refractivity contribution in [3.05, 3.63) is 61.5 Å². The number of halogens is 3. The van der Waals surface area contributed by atoms with Crippen LogP contribution in [-0.2, 0) is 0 Å². The Hall–Kier alpha value is -0.840. The Bertz CT molecular complexity index is 643. The van der Waals surface area contributed by atoms with E-state index >= 15 is 0 Å². The molecule has 0 aliphatic carbocycles. The molecule has 19 heavy (non-hydrogen) atoms. The molecular formula is C14H10Br2ClNO. The summed E-state index contributed by atoms with van der Waals surface area (Å²) >= 11 is 12.7. The van der Waals surface area contributed by atoms with Crippen LogP contribution in [0.4, 0.5) is 5.69 Å². The summed E-state index contributed by atoms with van der Waals surface area (Å²) < 4.78 is 1.74. The number of carbonyl (C=O) groups is 1. The molecule has 0 bridgehead atoms. The molecule has 0 saturated heterocycles. The molecular weight excluding hydrogens is 393 g/mol. The number of nitrogens with one attached hydrogen (secondary N) is 1. The van der Waals surface area contributed by atoms with Crippen LogP contribution in [-0.4, -0.2) is 5.91 Å². The highest BCUT2D eigenvalue weighted by atomic mass is 79.9. The molecule has 2 rings (SSSR count). The van der Waals surface area contributed by atoms with E-state index in [2.05, 4.69) is 37.2 Å². The molecule has 2 aromatic rings. The topological polar surface area (TPSA) is 29.1 Å². The molecule has 0 radical (unpaired) electrons. The smallest absolute Gasteiger partial charge is 0.255 e. The largest absolute Gasteiger partial charge is 0.321 e. The van der Waals surface area contributed by atoms with Crippen molar-refractivity contribution in [2.75, 3.05) is 5.32 Å². The van der Waals surface area contributed by atoms with Gasteiger partial charge >= 0.3 is 0 Å². The third-order valence-electron chi connectivity index (χ3n) is 2.61. The van der Waals surface area contributed by atoms with Crippen molar-refractivity contribution in [2.24, 2.45) is 0 Å². The summed E-state index contributed by atoms with van der Waals surface area (Å²) in [5, 5.41) is 3.42. The highest BCUT2D eigenvalue weighted by Gasteiger charge is 2.11. The highest BCUT2D eigenvalue weighted by Crippen LogP contribution is 2.27. The van der Waals surface area contributed by atoms with E-state index in [0.717, 1.165) is 14.5 Å².